The van der Waals surface area contributed by atoms with E-state index < -0.39 is 0 Å². The smallest absolute Gasteiger partial charge is 0.0726 e. The van der Waals surface area contributed by atoms with Gasteiger partial charge < -0.3 is 9.64 Å². The second-order valence-electron chi connectivity index (χ2n) is 6.20. The Morgan fingerprint density at radius 2 is 1.78 bits per heavy atom. The van der Waals surface area contributed by atoms with Gasteiger partial charge in [0.1, 0.15) is 0 Å². The molecule has 1 saturated heterocycles. The van der Waals surface area contributed by atoms with E-state index in [-0.39, 0.29) is 0 Å². The van der Waals surface area contributed by atoms with E-state index >= 15 is 0 Å². The minimum atomic E-state index is 0.292. The summed E-state index contributed by atoms with van der Waals surface area (Å²) >= 11 is 0. The first-order valence-corrected chi connectivity index (χ1v) is 8.63. The highest BCUT2D eigenvalue weighted by atomic mass is 16.5. The summed E-state index contributed by atoms with van der Waals surface area (Å²) in [7, 11) is 0. The Balaban J connectivity index is 2.06. The highest BCUT2D eigenvalue weighted by Gasteiger charge is 2.22. The van der Waals surface area contributed by atoms with Crippen LogP contribution in [0.5, 0.6) is 0 Å². The van der Waals surface area contributed by atoms with Crippen LogP contribution in [0.2, 0.25) is 0 Å². The standard InChI is InChI=1S/C21H29NO/c1-5-7-19(8-6-2)9-10-20-11-13-21(14-12-20)22-15-17(3)23-18(4)16-22/h5,7-14,17-18H,6,15-16H2,1-4H3/b7-5-,10-9+,19-8+/t17-,18+. The summed E-state index contributed by atoms with van der Waals surface area (Å²) in [6.07, 6.45) is 12.5. The molecule has 23 heavy (non-hydrogen) atoms. The van der Waals surface area contributed by atoms with Crippen LogP contribution in [-0.4, -0.2) is 25.3 Å². The first-order chi connectivity index (χ1) is 11.1. The van der Waals surface area contributed by atoms with Gasteiger partial charge in [0.2, 0.25) is 0 Å². The lowest BCUT2D eigenvalue weighted by molar-refractivity contribution is -0.00521. The van der Waals surface area contributed by atoms with Crippen molar-refractivity contribution in [3.8, 4) is 0 Å². The van der Waals surface area contributed by atoms with Gasteiger partial charge in [-0.25, -0.2) is 0 Å². The zero-order chi connectivity index (χ0) is 16.7. The van der Waals surface area contributed by atoms with Crippen LogP contribution < -0.4 is 4.90 Å². The summed E-state index contributed by atoms with van der Waals surface area (Å²) < 4.78 is 5.81. The lowest BCUT2D eigenvalue weighted by Crippen LogP contribution is -2.45. The monoisotopic (exact) mass is 311 g/mol. The van der Waals surface area contributed by atoms with Gasteiger partial charge in [-0.15, -0.1) is 0 Å². The lowest BCUT2D eigenvalue weighted by Gasteiger charge is -2.36. The Labute approximate surface area is 141 Å². The van der Waals surface area contributed by atoms with Crippen molar-refractivity contribution < 1.29 is 4.74 Å². The molecule has 0 amide bonds. The molecule has 1 aliphatic heterocycles. The van der Waals surface area contributed by atoms with Crippen molar-refractivity contribution >= 4 is 11.8 Å². The van der Waals surface area contributed by atoms with Gasteiger partial charge in [0.05, 0.1) is 12.2 Å². The van der Waals surface area contributed by atoms with Gasteiger partial charge in [0.25, 0.3) is 0 Å². The third-order valence-corrected chi connectivity index (χ3v) is 3.95. The molecule has 1 aliphatic rings. The maximum Gasteiger partial charge on any atom is 0.0726 e. The number of anilines is 1. The number of benzene rings is 1. The lowest BCUT2D eigenvalue weighted by atomic mass is 10.1. The first-order valence-electron chi connectivity index (χ1n) is 8.63. The molecule has 0 radical (unpaired) electrons. The highest BCUT2D eigenvalue weighted by Crippen LogP contribution is 2.21. The van der Waals surface area contributed by atoms with Crippen LogP contribution in [-0.2, 0) is 4.74 Å². The van der Waals surface area contributed by atoms with Crippen LogP contribution >= 0.6 is 0 Å². The normalized spacial score (nSPS) is 23.1. The predicted molar refractivity (Wildman–Crippen MR) is 101 cm³/mol. The molecule has 1 aromatic rings. The number of hydrogen-bond acceptors (Lipinski definition) is 2. The van der Waals surface area contributed by atoms with Gasteiger partial charge in [-0.05, 0) is 50.5 Å². The molecule has 0 N–H and O–H groups in total. The SMILES string of the molecule is C\C=C/C(/C=C/c1ccc(N2C[C@@H](C)O[C@@H](C)C2)cc1)=C\CC. The second-order valence-corrected chi connectivity index (χ2v) is 6.20. The quantitative estimate of drug-likeness (QED) is 0.691. The molecule has 0 aromatic heterocycles. The fraction of sp³-hybridized carbons (Fsp3) is 0.429. The molecule has 0 aliphatic carbocycles. The topological polar surface area (TPSA) is 12.5 Å². The van der Waals surface area contributed by atoms with Crippen molar-refractivity contribution in [3.63, 3.8) is 0 Å². The fourth-order valence-corrected chi connectivity index (χ4v) is 3.00. The summed E-state index contributed by atoms with van der Waals surface area (Å²) in [4.78, 5) is 2.41. The Hall–Kier alpha value is -1.80. The maximum atomic E-state index is 5.81. The van der Waals surface area contributed by atoms with Crippen molar-refractivity contribution in [1.29, 1.82) is 0 Å². The summed E-state index contributed by atoms with van der Waals surface area (Å²) in [5, 5.41) is 0. The maximum absolute atomic E-state index is 5.81. The van der Waals surface area contributed by atoms with Crippen molar-refractivity contribution in [2.24, 2.45) is 0 Å². The number of hydrogen-bond donors (Lipinski definition) is 0. The Kier molecular flexibility index (Phi) is 6.66. The van der Waals surface area contributed by atoms with E-state index in [1.54, 1.807) is 0 Å². The summed E-state index contributed by atoms with van der Waals surface area (Å²) in [5.41, 5.74) is 3.77. The molecule has 1 aromatic carbocycles. The van der Waals surface area contributed by atoms with Crippen LogP contribution in [0.4, 0.5) is 5.69 Å². The van der Waals surface area contributed by atoms with E-state index in [1.165, 1.54) is 16.8 Å². The molecular weight excluding hydrogens is 282 g/mol. The first kappa shape index (κ1) is 17.6. The number of nitrogens with zero attached hydrogens (tertiary/aromatic N) is 1. The van der Waals surface area contributed by atoms with Crippen LogP contribution in [0.15, 0.2) is 54.1 Å². The van der Waals surface area contributed by atoms with Gasteiger partial charge in [0.15, 0.2) is 0 Å². The Morgan fingerprint density at radius 1 is 1.13 bits per heavy atom. The van der Waals surface area contributed by atoms with E-state index in [0.717, 1.165) is 19.5 Å². The highest BCUT2D eigenvalue weighted by molar-refractivity contribution is 5.59. The van der Waals surface area contributed by atoms with Crippen molar-refractivity contribution in [2.45, 2.75) is 46.3 Å². The van der Waals surface area contributed by atoms with E-state index in [1.807, 2.05) is 0 Å². The third kappa shape index (κ3) is 5.40. The average Bonchev–Trinajstić information content (AvgIpc) is 2.52. The Bertz CT molecular complexity index is 558. The molecule has 2 rings (SSSR count). The molecule has 0 unspecified atom stereocenters. The number of rotatable bonds is 5. The minimum Gasteiger partial charge on any atom is -0.372 e. The molecule has 0 bridgehead atoms. The zero-order valence-corrected chi connectivity index (χ0v) is 14.8. The summed E-state index contributed by atoms with van der Waals surface area (Å²) in [5.74, 6) is 0. The van der Waals surface area contributed by atoms with Gasteiger partial charge in [0, 0.05) is 18.8 Å². The second kappa shape index (κ2) is 8.73. The van der Waals surface area contributed by atoms with Crippen LogP contribution in [0.3, 0.4) is 0 Å². The molecule has 124 valence electrons. The van der Waals surface area contributed by atoms with Gasteiger partial charge in [-0.3, -0.25) is 0 Å². The van der Waals surface area contributed by atoms with Gasteiger partial charge in [-0.1, -0.05) is 49.4 Å². The zero-order valence-electron chi connectivity index (χ0n) is 14.8. The fourth-order valence-electron chi connectivity index (χ4n) is 3.00. The molecular formula is C21H29NO. The van der Waals surface area contributed by atoms with Crippen LogP contribution in [0.1, 0.15) is 39.7 Å². The van der Waals surface area contributed by atoms with Crippen molar-refractivity contribution in [2.75, 3.05) is 18.0 Å². The van der Waals surface area contributed by atoms with Gasteiger partial charge >= 0.3 is 0 Å². The van der Waals surface area contributed by atoms with Crippen LogP contribution in [0, 0.1) is 0 Å². The molecule has 1 heterocycles. The molecule has 0 spiro atoms. The minimum absolute atomic E-state index is 0.292. The Morgan fingerprint density at radius 3 is 2.35 bits per heavy atom. The molecule has 2 atom stereocenters. The molecule has 2 heteroatoms. The number of morpholine rings is 1. The summed E-state index contributed by atoms with van der Waals surface area (Å²) in [6, 6.07) is 8.80. The van der Waals surface area contributed by atoms with E-state index in [4.69, 9.17) is 4.74 Å². The number of allylic oxidation sites excluding steroid dienone is 5. The number of ether oxygens (including phenoxy) is 1. The van der Waals surface area contributed by atoms with Crippen molar-refractivity contribution in [1.82, 2.24) is 0 Å². The van der Waals surface area contributed by atoms with E-state index in [2.05, 4.69) is 87.2 Å². The van der Waals surface area contributed by atoms with Crippen molar-refractivity contribution in [3.05, 3.63) is 59.7 Å². The predicted octanol–water partition coefficient (Wildman–Crippen LogP) is 5.23. The molecule has 0 saturated carbocycles. The average molecular weight is 311 g/mol. The summed E-state index contributed by atoms with van der Waals surface area (Å²) in [6.45, 7) is 10.4. The molecule has 1 fully saturated rings. The largest absolute Gasteiger partial charge is 0.372 e. The van der Waals surface area contributed by atoms with Crippen LogP contribution in [0.25, 0.3) is 6.08 Å². The van der Waals surface area contributed by atoms with E-state index in [9.17, 15) is 0 Å². The van der Waals surface area contributed by atoms with Gasteiger partial charge in [-0.2, -0.15) is 0 Å². The molecule has 2 nitrogen and oxygen atoms in total. The van der Waals surface area contributed by atoms with E-state index in [0.29, 0.717) is 12.2 Å². The third-order valence-electron chi connectivity index (χ3n) is 3.95.